The molecule has 2 rings (SSSR count). The Morgan fingerprint density at radius 1 is 1.13 bits per heavy atom. The SMILES string of the molecule is CC(=O)Nc1cccc(C(=O)N(C)Cc2ccc(F)cc2F)c1. The zero-order valence-electron chi connectivity index (χ0n) is 12.8. The van der Waals surface area contributed by atoms with Crippen molar-refractivity contribution in [3.8, 4) is 0 Å². The predicted octanol–water partition coefficient (Wildman–Crippen LogP) is 3.20. The molecule has 0 aromatic heterocycles. The lowest BCUT2D eigenvalue weighted by molar-refractivity contribution is -0.114. The van der Waals surface area contributed by atoms with Crippen LogP contribution in [0.5, 0.6) is 0 Å². The number of hydrogen-bond donors (Lipinski definition) is 1. The van der Waals surface area contributed by atoms with Gasteiger partial charge in [-0.05, 0) is 24.3 Å². The van der Waals surface area contributed by atoms with Crippen LogP contribution < -0.4 is 5.32 Å². The Bertz CT molecular complexity index is 747. The average molecular weight is 318 g/mol. The average Bonchev–Trinajstić information content (AvgIpc) is 2.49. The van der Waals surface area contributed by atoms with Crippen LogP contribution in [0.3, 0.4) is 0 Å². The van der Waals surface area contributed by atoms with E-state index in [1.807, 2.05) is 0 Å². The van der Waals surface area contributed by atoms with Crippen LogP contribution in [-0.2, 0) is 11.3 Å². The third kappa shape index (κ3) is 4.35. The van der Waals surface area contributed by atoms with Crippen molar-refractivity contribution >= 4 is 17.5 Å². The summed E-state index contributed by atoms with van der Waals surface area (Å²) in [5.41, 5.74) is 1.09. The predicted molar refractivity (Wildman–Crippen MR) is 82.9 cm³/mol. The number of benzene rings is 2. The fraction of sp³-hybridized carbons (Fsp3) is 0.176. The second-order valence-electron chi connectivity index (χ2n) is 5.16. The van der Waals surface area contributed by atoms with Gasteiger partial charge in [0.2, 0.25) is 5.91 Å². The quantitative estimate of drug-likeness (QED) is 0.941. The molecule has 0 fully saturated rings. The molecule has 0 aliphatic rings. The van der Waals surface area contributed by atoms with Crippen LogP contribution in [0.15, 0.2) is 42.5 Å². The molecule has 0 atom stereocenters. The number of amides is 2. The van der Waals surface area contributed by atoms with Gasteiger partial charge in [0, 0.05) is 43.4 Å². The number of carbonyl (C=O) groups is 2. The molecule has 6 heteroatoms. The third-order valence-corrected chi connectivity index (χ3v) is 3.20. The zero-order chi connectivity index (χ0) is 17.0. The molecule has 2 aromatic rings. The Morgan fingerprint density at radius 3 is 2.52 bits per heavy atom. The summed E-state index contributed by atoms with van der Waals surface area (Å²) < 4.78 is 26.6. The summed E-state index contributed by atoms with van der Waals surface area (Å²) >= 11 is 0. The van der Waals surface area contributed by atoms with Gasteiger partial charge in [0.25, 0.3) is 5.91 Å². The molecule has 0 bridgehead atoms. The van der Waals surface area contributed by atoms with Crippen LogP contribution in [0.4, 0.5) is 14.5 Å². The molecule has 120 valence electrons. The van der Waals surface area contributed by atoms with E-state index in [9.17, 15) is 18.4 Å². The molecule has 0 radical (unpaired) electrons. The Labute approximate surface area is 132 Å². The molecular weight excluding hydrogens is 302 g/mol. The number of rotatable bonds is 4. The zero-order valence-corrected chi connectivity index (χ0v) is 12.8. The second-order valence-corrected chi connectivity index (χ2v) is 5.16. The van der Waals surface area contributed by atoms with E-state index < -0.39 is 11.6 Å². The van der Waals surface area contributed by atoms with E-state index in [4.69, 9.17) is 0 Å². The van der Waals surface area contributed by atoms with Gasteiger partial charge < -0.3 is 10.2 Å². The van der Waals surface area contributed by atoms with Crippen LogP contribution in [0, 0.1) is 11.6 Å². The lowest BCUT2D eigenvalue weighted by Crippen LogP contribution is -2.26. The topological polar surface area (TPSA) is 49.4 Å². The fourth-order valence-electron chi connectivity index (χ4n) is 2.13. The first-order chi connectivity index (χ1) is 10.9. The van der Waals surface area contributed by atoms with E-state index >= 15 is 0 Å². The molecule has 0 spiro atoms. The highest BCUT2D eigenvalue weighted by Crippen LogP contribution is 2.16. The molecule has 23 heavy (non-hydrogen) atoms. The monoisotopic (exact) mass is 318 g/mol. The highest BCUT2D eigenvalue weighted by Gasteiger charge is 2.15. The van der Waals surface area contributed by atoms with Crippen LogP contribution in [0.1, 0.15) is 22.8 Å². The summed E-state index contributed by atoms with van der Waals surface area (Å²) in [6.07, 6.45) is 0. The van der Waals surface area contributed by atoms with Crippen molar-refractivity contribution in [3.63, 3.8) is 0 Å². The van der Waals surface area contributed by atoms with E-state index in [0.29, 0.717) is 11.3 Å². The molecule has 0 heterocycles. The maximum atomic E-state index is 13.7. The van der Waals surface area contributed by atoms with Crippen molar-refractivity contribution in [2.75, 3.05) is 12.4 Å². The van der Waals surface area contributed by atoms with Crippen molar-refractivity contribution in [2.24, 2.45) is 0 Å². The second kappa shape index (κ2) is 7.00. The number of nitrogens with one attached hydrogen (secondary N) is 1. The van der Waals surface area contributed by atoms with E-state index in [0.717, 1.165) is 12.1 Å². The van der Waals surface area contributed by atoms with Crippen LogP contribution in [-0.4, -0.2) is 23.8 Å². The number of halogens is 2. The van der Waals surface area contributed by atoms with Crippen molar-refractivity contribution in [1.29, 1.82) is 0 Å². The van der Waals surface area contributed by atoms with Crippen molar-refractivity contribution in [2.45, 2.75) is 13.5 Å². The van der Waals surface area contributed by atoms with Crippen LogP contribution >= 0.6 is 0 Å². The number of hydrogen-bond acceptors (Lipinski definition) is 2. The van der Waals surface area contributed by atoms with Gasteiger partial charge in [-0.25, -0.2) is 8.78 Å². The molecule has 0 saturated heterocycles. The van der Waals surface area contributed by atoms with Gasteiger partial charge in [0.15, 0.2) is 0 Å². The van der Waals surface area contributed by atoms with Crippen LogP contribution in [0.25, 0.3) is 0 Å². The smallest absolute Gasteiger partial charge is 0.253 e. The summed E-state index contributed by atoms with van der Waals surface area (Å²) in [5.74, 6) is -1.93. The first-order valence-corrected chi connectivity index (χ1v) is 6.94. The molecule has 1 N–H and O–H groups in total. The minimum atomic E-state index is -0.698. The first kappa shape index (κ1) is 16.6. The van der Waals surface area contributed by atoms with Crippen molar-refractivity contribution in [3.05, 3.63) is 65.2 Å². The third-order valence-electron chi connectivity index (χ3n) is 3.20. The van der Waals surface area contributed by atoms with Gasteiger partial charge in [-0.15, -0.1) is 0 Å². The first-order valence-electron chi connectivity index (χ1n) is 6.94. The molecule has 2 aromatic carbocycles. The normalized spacial score (nSPS) is 10.3. The minimum absolute atomic E-state index is 0.00924. The van der Waals surface area contributed by atoms with Gasteiger partial charge in [0.1, 0.15) is 11.6 Å². The molecule has 4 nitrogen and oxygen atoms in total. The van der Waals surface area contributed by atoms with E-state index in [-0.39, 0.29) is 23.9 Å². The van der Waals surface area contributed by atoms with E-state index in [1.165, 1.54) is 24.9 Å². The van der Waals surface area contributed by atoms with Gasteiger partial charge >= 0.3 is 0 Å². The molecule has 0 saturated carbocycles. The summed E-state index contributed by atoms with van der Waals surface area (Å²) in [4.78, 5) is 24.8. The highest BCUT2D eigenvalue weighted by atomic mass is 19.1. The minimum Gasteiger partial charge on any atom is -0.337 e. The van der Waals surface area contributed by atoms with E-state index in [1.54, 1.807) is 24.3 Å². The lowest BCUT2D eigenvalue weighted by Gasteiger charge is -2.18. The molecule has 0 aliphatic carbocycles. The summed E-state index contributed by atoms with van der Waals surface area (Å²) in [6.45, 7) is 1.38. The standard InChI is InChI=1S/C17H16F2N2O2/c1-11(22)20-15-5-3-4-12(8-15)17(23)21(2)10-13-6-7-14(18)9-16(13)19/h3-9H,10H2,1-2H3,(H,20,22). The Hall–Kier alpha value is -2.76. The fourth-order valence-corrected chi connectivity index (χ4v) is 2.13. The van der Waals surface area contributed by atoms with Gasteiger partial charge in [0.05, 0.1) is 0 Å². The van der Waals surface area contributed by atoms with Crippen molar-refractivity contribution in [1.82, 2.24) is 4.90 Å². The van der Waals surface area contributed by atoms with E-state index in [2.05, 4.69) is 5.32 Å². The largest absolute Gasteiger partial charge is 0.337 e. The van der Waals surface area contributed by atoms with Crippen molar-refractivity contribution < 1.29 is 18.4 Å². The molecular formula is C17H16F2N2O2. The number of anilines is 1. The molecule has 2 amide bonds. The Morgan fingerprint density at radius 2 is 1.87 bits per heavy atom. The van der Waals surface area contributed by atoms with Crippen LogP contribution in [0.2, 0.25) is 0 Å². The summed E-state index contributed by atoms with van der Waals surface area (Å²) in [5, 5.41) is 2.59. The highest BCUT2D eigenvalue weighted by molar-refractivity contribution is 5.96. The summed E-state index contributed by atoms with van der Waals surface area (Å²) in [6, 6.07) is 9.69. The summed E-state index contributed by atoms with van der Waals surface area (Å²) in [7, 11) is 1.52. The molecule has 0 unspecified atom stereocenters. The molecule has 0 aliphatic heterocycles. The number of nitrogens with zero attached hydrogens (tertiary/aromatic N) is 1. The Balaban J connectivity index is 2.14. The number of carbonyl (C=O) groups excluding carboxylic acids is 2. The maximum Gasteiger partial charge on any atom is 0.253 e. The van der Waals surface area contributed by atoms with Gasteiger partial charge in [-0.2, -0.15) is 0 Å². The Kier molecular flexibility index (Phi) is 5.05. The van der Waals surface area contributed by atoms with Gasteiger partial charge in [-0.1, -0.05) is 12.1 Å². The van der Waals surface area contributed by atoms with Gasteiger partial charge in [-0.3, -0.25) is 9.59 Å². The maximum absolute atomic E-state index is 13.7. The lowest BCUT2D eigenvalue weighted by atomic mass is 10.1.